The molecule has 4 aromatic rings. The van der Waals surface area contributed by atoms with Crippen molar-refractivity contribution in [3.05, 3.63) is 90.8 Å². The average molecular weight is 444 g/mol. The first kappa shape index (κ1) is 20.8. The molecule has 1 saturated heterocycles. The van der Waals surface area contributed by atoms with E-state index in [0.717, 1.165) is 18.5 Å². The van der Waals surface area contributed by atoms with Crippen LogP contribution in [0.15, 0.2) is 83.9 Å². The molecule has 2 amide bonds. The zero-order chi connectivity index (χ0) is 22.6. The largest absolute Gasteiger partial charge is 0.467 e. The van der Waals surface area contributed by atoms with Gasteiger partial charge in [0.15, 0.2) is 5.82 Å². The molecule has 8 heteroatoms. The van der Waals surface area contributed by atoms with Crippen molar-refractivity contribution in [3.8, 4) is 11.5 Å². The van der Waals surface area contributed by atoms with E-state index >= 15 is 0 Å². The third-order valence-electron chi connectivity index (χ3n) is 5.92. The normalized spacial score (nSPS) is 16.0. The van der Waals surface area contributed by atoms with Crippen LogP contribution in [0.4, 0.5) is 0 Å². The number of para-hydroxylation sites is 1. The molecule has 1 aliphatic rings. The van der Waals surface area contributed by atoms with E-state index in [2.05, 4.69) is 10.4 Å². The van der Waals surface area contributed by atoms with Crippen LogP contribution in [0, 0.1) is 5.92 Å². The summed E-state index contributed by atoms with van der Waals surface area (Å²) in [5.74, 6) is 0.952. The number of carbonyl (C=O) groups excluding carboxylic acids is 2. The molecule has 5 rings (SSSR count). The first-order valence-electron chi connectivity index (χ1n) is 11.1. The van der Waals surface area contributed by atoms with Crippen molar-refractivity contribution in [1.29, 1.82) is 0 Å². The minimum absolute atomic E-state index is 0.0606. The van der Waals surface area contributed by atoms with Gasteiger partial charge in [-0.15, -0.1) is 0 Å². The highest BCUT2D eigenvalue weighted by atomic mass is 16.3. The molecule has 1 aliphatic heterocycles. The Morgan fingerprint density at radius 2 is 1.88 bits per heavy atom. The molecule has 0 aliphatic carbocycles. The molecule has 3 aromatic heterocycles. The number of rotatable bonds is 6. The number of carbonyl (C=O) groups is 2. The summed E-state index contributed by atoms with van der Waals surface area (Å²) < 4.78 is 8.95. The predicted octanol–water partition coefficient (Wildman–Crippen LogP) is 3.42. The van der Waals surface area contributed by atoms with Gasteiger partial charge < -0.3 is 19.2 Å². The highest BCUT2D eigenvalue weighted by Crippen LogP contribution is 2.24. The second-order valence-corrected chi connectivity index (χ2v) is 8.11. The highest BCUT2D eigenvalue weighted by Gasteiger charge is 2.31. The van der Waals surface area contributed by atoms with Crippen molar-refractivity contribution in [2.75, 3.05) is 13.1 Å². The van der Waals surface area contributed by atoms with Crippen molar-refractivity contribution in [2.24, 2.45) is 5.92 Å². The summed E-state index contributed by atoms with van der Waals surface area (Å²) >= 11 is 0. The topological polar surface area (TPSA) is 85.3 Å². The summed E-state index contributed by atoms with van der Waals surface area (Å²) in [5, 5.41) is 7.45. The molecule has 8 nitrogen and oxygen atoms in total. The van der Waals surface area contributed by atoms with Crippen LogP contribution in [0.3, 0.4) is 0 Å². The Hall–Kier alpha value is -4.07. The number of amides is 2. The summed E-state index contributed by atoms with van der Waals surface area (Å²) in [6.07, 6.45) is 8.52. The number of hydrogen-bond acceptors (Lipinski definition) is 4. The fourth-order valence-electron chi connectivity index (χ4n) is 4.25. The molecule has 4 heterocycles. The third-order valence-corrected chi connectivity index (χ3v) is 5.92. The number of furan rings is 1. The number of piperidine rings is 1. The van der Waals surface area contributed by atoms with E-state index in [1.54, 1.807) is 28.1 Å². The lowest BCUT2D eigenvalue weighted by Crippen LogP contribution is -2.45. The maximum Gasteiger partial charge on any atom is 0.259 e. The van der Waals surface area contributed by atoms with Gasteiger partial charge in [0, 0.05) is 25.5 Å². The van der Waals surface area contributed by atoms with E-state index in [4.69, 9.17) is 4.42 Å². The molecule has 1 fully saturated rings. The van der Waals surface area contributed by atoms with E-state index < -0.39 is 0 Å². The Bertz CT molecular complexity index is 1210. The van der Waals surface area contributed by atoms with Gasteiger partial charge in [-0.05, 0) is 49.2 Å². The zero-order valence-electron chi connectivity index (χ0n) is 18.1. The van der Waals surface area contributed by atoms with Crippen molar-refractivity contribution in [1.82, 2.24) is 24.6 Å². The molecule has 0 radical (unpaired) electrons. The SMILES string of the molecule is O=C(NCc1ccco1)[C@@H]1CCCN(C(=O)c2cnn(-c3ccccc3)c2-n2cccc2)C1. The maximum absolute atomic E-state index is 13.6. The van der Waals surface area contributed by atoms with Crippen LogP contribution in [-0.4, -0.2) is 44.2 Å². The molecule has 168 valence electrons. The Morgan fingerprint density at radius 3 is 2.64 bits per heavy atom. The molecule has 0 spiro atoms. The first-order chi connectivity index (χ1) is 16.2. The van der Waals surface area contributed by atoms with E-state index in [1.165, 1.54) is 0 Å². The third kappa shape index (κ3) is 4.32. The number of benzene rings is 1. The lowest BCUT2D eigenvalue weighted by Gasteiger charge is -2.32. The number of aromatic nitrogens is 3. The summed E-state index contributed by atoms with van der Waals surface area (Å²) in [6.45, 7) is 1.34. The molecular weight excluding hydrogens is 418 g/mol. The molecule has 1 atom stereocenters. The number of nitrogens with zero attached hydrogens (tertiary/aromatic N) is 4. The number of likely N-dealkylation sites (tertiary alicyclic amines) is 1. The summed E-state index contributed by atoms with van der Waals surface area (Å²) in [4.78, 5) is 28.1. The number of hydrogen-bond donors (Lipinski definition) is 1. The predicted molar refractivity (Wildman–Crippen MR) is 122 cm³/mol. The summed E-state index contributed by atoms with van der Waals surface area (Å²) in [5.41, 5.74) is 1.38. The van der Waals surface area contributed by atoms with Crippen molar-refractivity contribution in [2.45, 2.75) is 19.4 Å². The van der Waals surface area contributed by atoms with Crippen molar-refractivity contribution in [3.63, 3.8) is 0 Å². The van der Waals surface area contributed by atoms with Crippen LogP contribution in [0.2, 0.25) is 0 Å². The Kier molecular flexibility index (Phi) is 5.80. The highest BCUT2D eigenvalue weighted by molar-refractivity contribution is 5.97. The Labute approximate surface area is 191 Å². The van der Waals surface area contributed by atoms with E-state index in [0.29, 0.717) is 36.8 Å². The van der Waals surface area contributed by atoms with Gasteiger partial charge >= 0.3 is 0 Å². The fraction of sp³-hybridized carbons (Fsp3) is 0.240. The maximum atomic E-state index is 13.6. The summed E-state index contributed by atoms with van der Waals surface area (Å²) in [7, 11) is 0. The van der Waals surface area contributed by atoms with Crippen LogP contribution in [-0.2, 0) is 11.3 Å². The second-order valence-electron chi connectivity index (χ2n) is 8.11. The van der Waals surface area contributed by atoms with Gasteiger partial charge in [-0.1, -0.05) is 18.2 Å². The van der Waals surface area contributed by atoms with Gasteiger partial charge in [-0.3, -0.25) is 9.59 Å². The average Bonchev–Trinajstić information content (AvgIpc) is 3.64. The van der Waals surface area contributed by atoms with Crippen LogP contribution >= 0.6 is 0 Å². The van der Waals surface area contributed by atoms with Gasteiger partial charge in [-0.25, -0.2) is 4.68 Å². The van der Waals surface area contributed by atoms with Crippen molar-refractivity contribution >= 4 is 11.8 Å². The molecule has 1 aromatic carbocycles. The molecule has 0 saturated carbocycles. The molecule has 1 N–H and O–H groups in total. The van der Waals surface area contributed by atoms with Crippen LogP contribution < -0.4 is 5.32 Å². The molecule has 0 bridgehead atoms. The monoisotopic (exact) mass is 443 g/mol. The Morgan fingerprint density at radius 1 is 1.06 bits per heavy atom. The summed E-state index contributed by atoms with van der Waals surface area (Å²) in [6, 6.07) is 17.2. The zero-order valence-corrected chi connectivity index (χ0v) is 18.1. The molecule has 33 heavy (non-hydrogen) atoms. The molecule has 0 unspecified atom stereocenters. The minimum Gasteiger partial charge on any atom is -0.467 e. The van der Waals surface area contributed by atoms with Gasteiger partial charge in [0.2, 0.25) is 5.91 Å². The quantitative estimate of drug-likeness (QED) is 0.495. The first-order valence-corrected chi connectivity index (χ1v) is 11.1. The second kappa shape index (κ2) is 9.20. The van der Waals surface area contributed by atoms with E-state index in [9.17, 15) is 9.59 Å². The van der Waals surface area contributed by atoms with Gasteiger partial charge in [0.05, 0.1) is 30.6 Å². The standard InChI is InChI=1S/C25H25N5O3/c31-23(26-16-21-11-7-15-33-21)19-8-6-14-29(18-19)25(32)22-17-27-30(20-9-2-1-3-10-20)24(22)28-12-4-5-13-28/h1-5,7,9-13,15,17,19H,6,8,14,16,18H2,(H,26,31)/t19-/m1/s1. The minimum atomic E-state index is -0.253. The number of nitrogens with one attached hydrogen (secondary N) is 1. The lowest BCUT2D eigenvalue weighted by molar-refractivity contribution is -0.126. The van der Waals surface area contributed by atoms with E-state index in [-0.39, 0.29) is 17.7 Å². The van der Waals surface area contributed by atoms with Crippen molar-refractivity contribution < 1.29 is 14.0 Å². The van der Waals surface area contributed by atoms with E-state index in [1.807, 2.05) is 65.5 Å². The lowest BCUT2D eigenvalue weighted by atomic mass is 9.96. The smallest absolute Gasteiger partial charge is 0.259 e. The molecular formula is C25H25N5O3. The van der Waals surface area contributed by atoms with Crippen LogP contribution in [0.25, 0.3) is 11.5 Å². The van der Waals surface area contributed by atoms with Gasteiger partial charge in [0.1, 0.15) is 11.3 Å². The van der Waals surface area contributed by atoms with Gasteiger partial charge in [-0.2, -0.15) is 5.10 Å². The fourth-order valence-corrected chi connectivity index (χ4v) is 4.25. The van der Waals surface area contributed by atoms with Gasteiger partial charge in [0.25, 0.3) is 5.91 Å². The van der Waals surface area contributed by atoms with Crippen LogP contribution in [0.1, 0.15) is 29.0 Å². The Balaban J connectivity index is 1.37. The van der Waals surface area contributed by atoms with Crippen LogP contribution in [0.5, 0.6) is 0 Å².